The van der Waals surface area contributed by atoms with Crippen LogP contribution in [0.3, 0.4) is 0 Å². The van der Waals surface area contributed by atoms with Crippen LogP contribution in [-0.4, -0.2) is 67.7 Å². The van der Waals surface area contributed by atoms with Gasteiger partial charge in [-0.1, -0.05) is 18.2 Å². The number of unbranched alkanes of at least 4 members (excludes halogenated alkanes) is 2. The van der Waals surface area contributed by atoms with E-state index in [4.69, 9.17) is 14.6 Å². The molecule has 2 heterocycles. The number of carboxylic acids is 2. The maximum absolute atomic E-state index is 12.9. The Balaban J connectivity index is 0.000000821. The predicted molar refractivity (Wildman–Crippen MR) is 142 cm³/mol. The molecule has 0 fully saturated rings. The Morgan fingerprint density at radius 2 is 1.65 bits per heavy atom. The summed E-state index contributed by atoms with van der Waals surface area (Å²) in [5, 5.41) is 20.6. The van der Waals surface area contributed by atoms with Gasteiger partial charge in [-0.3, -0.25) is 18.8 Å². The monoisotopic (exact) mass is 630 g/mol. The maximum atomic E-state index is 12.9. The van der Waals surface area contributed by atoms with E-state index in [1.807, 2.05) is 0 Å². The molecule has 1 aromatic carbocycles. The number of aliphatic carboxylic acids is 2. The lowest BCUT2D eigenvalue weighted by atomic mass is 10.2. The molecule has 6 N–H and O–H groups in total. The van der Waals surface area contributed by atoms with E-state index < -0.39 is 52.2 Å². The van der Waals surface area contributed by atoms with Crippen LogP contribution in [0.15, 0.2) is 70.5 Å². The molecule has 0 aliphatic rings. The van der Waals surface area contributed by atoms with Crippen LogP contribution in [0.1, 0.15) is 29.6 Å². The summed E-state index contributed by atoms with van der Waals surface area (Å²) in [6.45, 7) is 0.775. The molecule has 13 nitrogen and oxygen atoms in total. The highest BCUT2D eigenvalue weighted by Crippen LogP contribution is 2.14. The number of hydrogen-bond acceptors (Lipinski definition) is 8. The summed E-state index contributed by atoms with van der Waals surface area (Å²) < 4.78 is 65.5. The minimum atomic E-state index is -5.19. The number of nitrogens with one attached hydrogen (secondary N) is 2. The largest absolute Gasteiger partial charge is 0.542 e. The second kappa shape index (κ2) is 15.7. The summed E-state index contributed by atoms with van der Waals surface area (Å²) >= 11 is 0. The van der Waals surface area contributed by atoms with Gasteiger partial charge in [0.2, 0.25) is 10.0 Å². The molecule has 1 atom stereocenters. The lowest BCUT2D eigenvalue weighted by Gasteiger charge is -2.16. The smallest absolute Gasteiger partial charge is 0.430 e. The van der Waals surface area contributed by atoms with Gasteiger partial charge in [0.25, 0.3) is 11.5 Å². The number of aromatic nitrogens is 1. The van der Waals surface area contributed by atoms with Crippen molar-refractivity contribution in [2.75, 3.05) is 19.7 Å². The van der Waals surface area contributed by atoms with Crippen molar-refractivity contribution in [1.82, 2.24) is 14.4 Å². The molecule has 0 aliphatic carbocycles. The van der Waals surface area contributed by atoms with Crippen molar-refractivity contribution < 1.29 is 56.7 Å². The lowest BCUT2D eigenvalue weighted by Crippen LogP contribution is -2.50. The zero-order valence-corrected chi connectivity index (χ0v) is 23.3. The highest BCUT2D eigenvalue weighted by molar-refractivity contribution is 7.89. The van der Waals surface area contributed by atoms with Gasteiger partial charge in [0.05, 0.1) is 24.2 Å². The first-order valence-electron chi connectivity index (χ1n) is 12.6. The standard InChI is InChI=1S/C24H28N4O7S.C2HF3O2/c25-13-5-2-6-14-35-18-11-9-17-10-12-20(23(30)28(17)16-18)22(29)26-15-21(24(31)32)27-36(33,34)19-7-3-1-4-8-19;3-2(4,5)1(6)7/h1,3-4,7-12,16,21,27H,2,5-6,13-15,25H2,(H,26,29)(H,31,32);(H,6,7)/t21-;/m0./s1. The Morgan fingerprint density at radius 3 is 2.23 bits per heavy atom. The zero-order chi connectivity index (χ0) is 32.2. The first-order valence-corrected chi connectivity index (χ1v) is 14.1. The molecule has 1 amide bonds. The van der Waals surface area contributed by atoms with Gasteiger partial charge in [-0.25, -0.2) is 8.42 Å². The number of amides is 1. The topological polar surface area (TPSA) is 211 Å². The van der Waals surface area contributed by atoms with E-state index in [1.54, 1.807) is 24.3 Å². The molecule has 0 spiro atoms. The molecule has 17 heteroatoms. The minimum absolute atomic E-state index is 0.115. The summed E-state index contributed by atoms with van der Waals surface area (Å²) in [7, 11) is -4.14. The fraction of sp³-hybridized carbons (Fsp3) is 0.308. The molecule has 43 heavy (non-hydrogen) atoms. The van der Waals surface area contributed by atoms with Gasteiger partial charge >= 0.3 is 12.1 Å². The minimum Gasteiger partial charge on any atom is -0.542 e. The molecular weight excluding hydrogens is 601 g/mol. The number of halogens is 3. The number of carbonyl (C=O) groups is 3. The summed E-state index contributed by atoms with van der Waals surface area (Å²) in [5.41, 5.74) is 3.49. The molecular formula is C26H29F3N4O9S. The average Bonchev–Trinajstić information content (AvgIpc) is 2.95. The first-order chi connectivity index (χ1) is 20.2. The molecule has 0 unspecified atom stereocenters. The van der Waals surface area contributed by atoms with E-state index in [0.29, 0.717) is 17.9 Å². The quantitative estimate of drug-likeness (QED) is 0.180. The normalized spacial score (nSPS) is 12.1. The first kappa shape index (κ1) is 34.7. The van der Waals surface area contributed by atoms with Gasteiger partial charge in [0.15, 0.2) is 0 Å². The molecule has 0 saturated carbocycles. The van der Waals surface area contributed by atoms with E-state index in [-0.39, 0.29) is 10.5 Å². The SMILES string of the molecule is O=C([O-])C(F)(F)F.[NH3+]CCCCCOc1ccc2ccc(C(=O)NC[C@H](NS(=O)(=O)c3ccccc3)C(=O)O)c(=O)n2c1. The van der Waals surface area contributed by atoms with E-state index in [1.165, 1.54) is 40.9 Å². The Hall–Kier alpha value is -4.48. The number of sulfonamides is 1. The zero-order valence-electron chi connectivity index (χ0n) is 22.5. The molecule has 234 valence electrons. The van der Waals surface area contributed by atoms with Crippen LogP contribution in [-0.2, 0) is 19.6 Å². The third-order valence-electron chi connectivity index (χ3n) is 5.58. The van der Waals surface area contributed by atoms with Crippen molar-refractivity contribution in [3.8, 4) is 5.75 Å². The number of benzene rings is 1. The number of ether oxygens (including phenoxy) is 1. The van der Waals surface area contributed by atoms with E-state index >= 15 is 0 Å². The van der Waals surface area contributed by atoms with E-state index in [9.17, 15) is 41.1 Å². The van der Waals surface area contributed by atoms with Crippen molar-refractivity contribution in [1.29, 1.82) is 0 Å². The van der Waals surface area contributed by atoms with Crippen LogP contribution < -0.4 is 31.2 Å². The number of hydrogen-bond donors (Lipinski definition) is 4. The number of carbonyl (C=O) groups excluding carboxylic acids is 2. The van der Waals surface area contributed by atoms with Crippen LogP contribution in [0, 0.1) is 0 Å². The van der Waals surface area contributed by atoms with Gasteiger partial charge in [-0.15, -0.1) is 0 Å². The van der Waals surface area contributed by atoms with Crippen LogP contribution in [0.5, 0.6) is 5.75 Å². The number of alkyl halides is 3. The van der Waals surface area contributed by atoms with Crippen molar-refractivity contribution in [2.45, 2.75) is 36.4 Å². The van der Waals surface area contributed by atoms with Crippen molar-refractivity contribution in [2.24, 2.45) is 0 Å². The fourth-order valence-corrected chi connectivity index (χ4v) is 4.61. The number of fused-ring (bicyclic) bond motifs is 1. The number of nitrogens with zero attached hydrogens (tertiary/aromatic N) is 1. The molecule has 0 radical (unpaired) electrons. The molecule has 3 rings (SSSR count). The van der Waals surface area contributed by atoms with Gasteiger partial charge in [0, 0.05) is 12.1 Å². The molecule has 0 bridgehead atoms. The molecule has 0 saturated heterocycles. The van der Waals surface area contributed by atoms with Crippen molar-refractivity contribution >= 4 is 33.4 Å². The lowest BCUT2D eigenvalue weighted by molar-refractivity contribution is -0.368. The second-order valence-corrected chi connectivity index (χ2v) is 10.5. The maximum Gasteiger partial charge on any atom is 0.430 e. The van der Waals surface area contributed by atoms with Crippen LogP contribution >= 0.6 is 0 Å². The number of carboxylic acid groups (broad SMARTS) is 2. The van der Waals surface area contributed by atoms with Gasteiger partial charge in [-0.05, 0) is 55.7 Å². The number of pyridine rings is 2. The Morgan fingerprint density at radius 1 is 1.02 bits per heavy atom. The van der Waals surface area contributed by atoms with Crippen LogP contribution in [0.4, 0.5) is 13.2 Å². The van der Waals surface area contributed by atoms with Crippen molar-refractivity contribution in [3.05, 3.63) is 76.7 Å². The summed E-state index contributed by atoms with van der Waals surface area (Å²) in [4.78, 5) is 45.9. The Bertz CT molecular complexity index is 1580. The summed E-state index contributed by atoms with van der Waals surface area (Å²) in [5.74, 6) is -4.85. The third kappa shape index (κ3) is 10.7. The highest BCUT2D eigenvalue weighted by atomic mass is 32.2. The van der Waals surface area contributed by atoms with Crippen LogP contribution in [0.2, 0.25) is 0 Å². The number of rotatable bonds is 13. The van der Waals surface area contributed by atoms with Crippen molar-refractivity contribution in [3.63, 3.8) is 0 Å². The third-order valence-corrected chi connectivity index (χ3v) is 7.07. The highest BCUT2D eigenvalue weighted by Gasteiger charge is 2.29. The van der Waals surface area contributed by atoms with E-state index in [0.717, 1.165) is 25.8 Å². The molecule has 2 aromatic heterocycles. The van der Waals surface area contributed by atoms with Gasteiger partial charge in [-0.2, -0.15) is 17.9 Å². The molecule has 3 aromatic rings. The number of quaternary nitrogens is 1. The summed E-state index contributed by atoms with van der Waals surface area (Å²) in [6.07, 6.45) is -0.858. The Labute approximate surface area is 243 Å². The average molecular weight is 631 g/mol. The fourth-order valence-electron chi connectivity index (χ4n) is 3.40. The predicted octanol–water partition coefficient (Wildman–Crippen LogP) is -0.449. The Kier molecular flexibility index (Phi) is 12.6. The van der Waals surface area contributed by atoms with Crippen LogP contribution in [0.25, 0.3) is 5.52 Å². The van der Waals surface area contributed by atoms with E-state index in [2.05, 4.69) is 15.8 Å². The summed E-state index contributed by atoms with van der Waals surface area (Å²) in [6, 6.07) is 11.9. The van der Waals surface area contributed by atoms with Gasteiger partial charge < -0.3 is 30.8 Å². The second-order valence-electron chi connectivity index (χ2n) is 8.79. The van der Waals surface area contributed by atoms with Gasteiger partial charge in [0.1, 0.15) is 23.3 Å². The molecule has 0 aliphatic heterocycles.